The minimum Gasteiger partial charge on any atom is -0.268 e. The number of aromatic nitrogens is 5. The van der Waals surface area contributed by atoms with Gasteiger partial charge in [0.05, 0.1) is 17.6 Å². The minimum atomic E-state index is -0.434. The molecule has 30 heavy (non-hydrogen) atoms. The maximum absolute atomic E-state index is 14.7. The molecule has 1 aliphatic rings. The van der Waals surface area contributed by atoms with Crippen LogP contribution in [0.2, 0.25) is 0 Å². The van der Waals surface area contributed by atoms with E-state index in [2.05, 4.69) is 17.0 Å². The molecule has 0 saturated carbocycles. The zero-order valence-electron chi connectivity index (χ0n) is 16.4. The predicted octanol–water partition coefficient (Wildman–Crippen LogP) is 4.09. The van der Waals surface area contributed by atoms with Gasteiger partial charge in [-0.15, -0.1) is 11.3 Å². The van der Waals surface area contributed by atoms with Gasteiger partial charge in [0.2, 0.25) is 0 Å². The predicted molar refractivity (Wildman–Crippen MR) is 117 cm³/mol. The average molecular weight is 442 g/mol. The van der Waals surface area contributed by atoms with E-state index in [4.69, 9.17) is 4.98 Å². The largest absolute Gasteiger partial charge is 0.268 e. The minimum absolute atomic E-state index is 0.180. The second-order valence-corrected chi connectivity index (χ2v) is 9.67. The van der Waals surface area contributed by atoms with Crippen molar-refractivity contribution in [3.05, 3.63) is 63.5 Å². The molecule has 0 amide bonds. The molecule has 0 fully saturated rings. The number of rotatable bonds is 5. The molecule has 0 N–H and O–H groups in total. The highest BCUT2D eigenvalue weighted by Gasteiger charge is 2.25. The van der Waals surface area contributed by atoms with Crippen molar-refractivity contribution in [1.82, 2.24) is 24.3 Å². The summed E-state index contributed by atoms with van der Waals surface area (Å²) in [6, 6.07) is 6.37. The number of halogens is 1. The smallest absolute Gasteiger partial charge is 0.267 e. The van der Waals surface area contributed by atoms with Crippen LogP contribution in [0.4, 0.5) is 4.39 Å². The molecule has 3 heterocycles. The van der Waals surface area contributed by atoms with Crippen LogP contribution in [0.15, 0.2) is 46.9 Å². The normalized spacial score (nSPS) is 16.1. The standard InChI is InChI=1S/C21H20FN5OS2/c1-13-6-7-14-17(10-13)30-19-18(14)20(28)27(16-5-3-2-4-15(16)22)21(25-19)29-9-8-26-12-23-11-24-26/h2-5,11-13H,6-10H2,1H3. The summed E-state index contributed by atoms with van der Waals surface area (Å²) in [7, 11) is 0. The molecule has 5 rings (SSSR count). The summed E-state index contributed by atoms with van der Waals surface area (Å²) < 4.78 is 17.8. The number of fused-ring (bicyclic) bond motifs is 3. The van der Waals surface area contributed by atoms with E-state index < -0.39 is 5.82 Å². The second-order valence-electron chi connectivity index (χ2n) is 7.53. The van der Waals surface area contributed by atoms with Crippen LogP contribution in [0.25, 0.3) is 15.9 Å². The van der Waals surface area contributed by atoms with Gasteiger partial charge in [-0.25, -0.2) is 14.4 Å². The molecular formula is C21H20FN5OS2. The lowest BCUT2D eigenvalue weighted by Crippen LogP contribution is -2.23. The molecule has 1 aliphatic carbocycles. The third-order valence-corrected chi connectivity index (χ3v) is 7.48. The molecule has 0 aliphatic heterocycles. The molecule has 154 valence electrons. The Morgan fingerprint density at radius 1 is 1.33 bits per heavy atom. The van der Waals surface area contributed by atoms with E-state index in [0.29, 0.717) is 28.8 Å². The van der Waals surface area contributed by atoms with Gasteiger partial charge >= 0.3 is 0 Å². The van der Waals surface area contributed by atoms with Gasteiger partial charge < -0.3 is 0 Å². The van der Waals surface area contributed by atoms with Crippen molar-refractivity contribution in [3.8, 4) is 5.69 Å². The Morgan fingerprint density at radius 3 is 3.00 bits per heavy atom. The molecule has 0 spiro atoms. The number of benzene rings is 1. The fourth-order valence-electron chi connectivity index (χ4n) is 3.89. The van der Waals surface area contributed by atoms with E-state index in [-0.39, 0.29) is 11.2 Å². The Labute approximate surface area is 180 Å². The van der Waals surface area contributed by atoms with Crippen LogP contribution in [0.5, 0.6) is 0 Å². The summed E-state index contributed by atoms with van der Waals surface area (Å²) in [6.07, 6.45) is 6.05. The Kier molecular flexibility index (Phi) is 5.16. The Hall–Kier alpha value is -2.52. The molecule has 0 radical (unpaired) electrons. The molecule has 9 heteroatoms. The van der Waals surface area contributed by atoms with Crippen LogP contribution in [-0.2, 0) is 19.4 Å². The van der Waals surface area contributed by atoms with Crippen LogP contribution < -0.4 is 5.56 Å². The van der Waals surface area contributed by atoms with Gasteiger partial charge in [-0.1, -0.05) is 30.8 Å². The van der Waals surface area contributed by atoms with Gasteiger partial charge in [0.1, 0.15) is 23.3 Å². The van der Waals surface area contributed by atoms with Crippen molar-refractivity contribution in [1.29, 1.82) is 0 Å². The SMILES string of the molecule is CC1CCc2c(sc3nc(SCCn4cncn4)n(-c4ccccc4F)c(=O)c23)C1. The van der Waals surface area contributed by atoms with E-state index in [1.807, 2.05) is 0 Å². The van der Waals surface area contributed by atoms with Crippen LogP contribution >= 0.6 is 23.1 Å². The summed E-state index contributed by atoms with van der Waals surface area (Å²) in [6.45, 7) is 2.86. The molecule has 0 saturated heterocycles. The van der Waals surface area contributed by atoms with Crippen molar-refractivity contribution in [2.45, 2.75) is 37.9 Å². The fourth-order valence-corrected chi connectivity index (χ4v) is 6.25. The van der Waals surface area contributed by atoms with Crippen molar-refractivity contribution in [2.75, 3.05) is 5.75 Å². The summed E-state index contributed by atoms with van der Waals surface area (Å²) in [5.41, 5.74) is 1.17. The number of hydrogen-bond acceptors (Lipinski definition) is 6. The first kappa shape index (κ1) is 19.4. The van der Waals surface area contributed by atoms with Crippen molar-refractivity contribution in [3.63, 3.8) is 0 Å². The van der Waals surface area contributed by atoms with Crippen molar-refractivity contribution in [2.24, 2.45) is 5.92 Å². The molecule has 1 aromatic carbocycles. The highest BCUT2D eigenvalue weighted by atomic mass is 32.2. The zero-order chi connectivity index (χ0) is 20.7. The lowest BCUT2D eigenvalue weighted by atomic mass is 9.89. The lowest BCUT2D eigenvalue weighted by molar-refractivity contribution is 0.509. The number of hydrogen-bond donors (Lipinski definition) is 0. The topological polar surface area (TPSA) is 65.6 Å². The number of thioether (sulfide) groups is 1. The molecule has 0 bridgehead atoms. The van der Waals surface area contributed by atoms with Crippen LogP contribution in [0.1, 0.15) is 23.8 Å². The van der Waals surface area contributed by atoms with Crippen molar-refractivity contribution >= 4 is 33.3 Å². The van der Waals surface area contributed by atoms with E-state index in [9.17, 15) is 9.18 Å². The second kappa shape index (κ2) is 7.96. The Balaban J connectivity index is 1.64. The summed E-state index contributed by atoms with van der Waals surface area (Å²) in [5, 5.41) is 5.27. The van der Waals surface area contributed by atoms with E-state index in [1.165, 1.54) is 33.6 Å². The third kappa shape index (κ3) is 3.45. The van der Waals surface area contributed by atoms with Crippen LogP contribution in [0.3, 0.4) is 0 Å². The number of thiophene rings is 1. The maximum Gasteiger partial charge on any atom is 0.267 e. The van der Waals surface area contributed by atoms with Crippen molar-refractivity contribution < 1.29 is 4.39 Å². The summed E-state index contributed by atoms with van der Waals surface area (Å²) >= 11 is 3.04. The molecule has 1 unspecified atom stereocenters. The van der Waals surface area contributed by atoms with Gasteiger partial charge in [0.25, 0.3) is 5.56 Å². The fraction of sp³-hybridized carbons (Fsp3) is 0.333. The first-order valence-electron chi connectivity index (χ1n) is 9.89. The van der Waals surface area contributed by atoms with E-state index in [1.54, 1.807) is 40.5 Å². The molecule has 4 aromatic rings. The van der Waals surface area contributed by atoms with Crippen LogP contribution in [-0.4, -0.2) is 30.1 Å². The van der Waals surface area contributed by atoms with Gasteiger partial charge in [-0.3, -0.25) is 14.0 Å². The number of aryl methyl sites for hydroxylation is 2. The molecule has 1 atom stereocenters. The van der Waals surface area contributed by atoms with Crippen LogP contribution in [0, 0.1) is 11.7 Å². The highest BCUT2D eigenvalue weighted by molar-refractivity contribution is 7.99. The monoisotopic (exact) mass is 441 g/mol. The quantitative estimate of drug-likeness (QED) is 0.345. The van der Waals surface area contributed by atoms with Gasteiger partial charge in [0, 0.05) is 10.6 Å². The third-order valence-electron chi connectivity index (χ3n) is 5.41. The Bertz CT molecular complexity index is 1260. The van der Waals surface area contributed by atoms with Gasteiger partial charge in [-0.05, 0) is 42.9 Å². The zero-order valence-corrected chi connectivity index (χ0v) is 18.0. The molecular weight excluding hydrogens is 421 g/mol. The van der Waals surface area contributed by atoms with E-state index in [0.717, 1.165) is 29.7 Å². The highest BCUT2D eigenvalue weighted by Crippen LogP contribution is 2.37. The number of nitrogens with zero attached hydrogens (tertiary/aromatic N) is 5. The maximum atomic E-state index is 14.7. The summed E-state index contributed by atoms with van der Waals surface area (Å²) in [5.74, 6) is 0.810. The average Bonchev–Trinajstić information content (AvgIpc) is 3.36. The Morgan fingerprint density at radius 2 is 2.20 bits per heavy atom. The molecule has 3 aromatic heterocycles. The number of para-hydroxylation sites is 1. The summed E-state index contributed by atoms with van der Waals surface area (Å²) in [4.78, 5) is 24.4. The van der Waals surface area contributed by atoms with E-state index >= 15 is 0 Å². The first-order chi connectivity index (χ1) is 14.6. The van der Waals surface area contributed by atoms with Gasteiger partial charge in [-0.2, -0.15) is 5.10 Å². The lowest BCUT2D eigenvalue weighted by Gasteiger charge is -2.18. The van der Waals surface area contributed by atoms with Gasteiger partial charge in [0.15, 0.2) is 5.16 Å². The first-order valence-corrected chi connectivity index (χ1v) is 11.7. The molecule has 6 nitrogen and oxygen atoms in total.